The molecule has 0 spiro atoms. The van der Waals surface area contributed by atoms with Gasteiger partial charge in [-0.05, 0) is 55.3 Å². The molecule has 3 aromatic carbocycles. The summed E-state index contributed by atoms with van der Waals surface area (Å²) in [5.41, 5.74) is 10.3. The number of ether oxygens (including phenoxy) is 2. The molecule has 6 heteroatoms. The van der Waals surface area contributed by atoms with Gasteiger partial charge in [0.15, 0.2) is 0 Å². The summed E-state index contributed by atoms with van der Waals surface area (Å²) in [6.07, 6.45) is 0.702. The molecule has 1 heterocycles. The highest BCUT2D eigenvalue weighted by Gasteiger charge is 2.13. The molecule has 0 aliphatic rings. The lowest BCUT2D eigenvalue weighted by Crippen LogP contribution is -2.24. The number of fused-ring (bicyclic) bond motifs is 1. The second-order valence-electron chi connectivity index (χ2n) is 7.73. The van der Waals surface area contributed by atoms with Crippen LogP contribution < -0.4 is 20.8 Å². The van der Waals surface area contributed by atoms with Crippen LogP contribution >= 0.6 is 0 Å². The van der Waals surface area contributed by atoms with E-state index in [0.29, 0.717) is 36.2 Å². The van der Waals surface area contributed by atoms with Crippen molar-refractivity contribution in [3.63, 3.8) is 0 Å². The number of benzene rings is 3. The van der Waals surface area contributed by atoms with Gasteiger partial charge in [-0.3, -0.25) is 9.36 Å². The molecule has 0 fully saturated rings. The molecule has 0 bridgehead atoms. The first-order chi connectivity index (χ1) is 15.5. The largest absolute Gasteiger partial charge is 0.497 e. The van der Waals surface area contributed by atoms with Crippen LogP contribution in [0.1, 0.15) is 12.0 Å². The predicted molar refractivity (Wildman–Crippen MR) is 128 cm³/mol. The summed E-state index contributed by atoms with van der Waals surface area (Å²) in [7, 11) is 3.27. The Balaban J connectivity index is 1.81. The van der Waals surface area contributed by atoms with Gasteiger partial charge in [0.1, 0.15) is 17.3 Å². The molecule has 4 aromatic rings. The van der Waals surface area contributed by atoms with Crippen molar-refractivity contribution in [3.05, 3.63) is 76.6 Å². The standard InChI is InChI=1S/C26H27N3O3/c1-17-5-10-24-23(13-17)26(30)29(12-4-11-27)25(28-24)19-8-6-18(7-9-19)20-14-21(31-2)16-22(15-20)32-3/h5-10,13-16H,4,11-12,27H2,1-3H3. The molecule has 6 nitrogen and oxygen atoms in total. The van der Waals surface area contributed by atoms with Crippen LogP contribution in [0.2, 0.25) is 0 Å². The summed E-state index contributed by atoms with van der Waals surface area (Å²) in [5, 5.41) is 0.630. The SMILES string of the molecule is COc1cc(OC)cc(-c2ccc(-c3nc4ccc(C)cc4c(=O)n3CCCN)cc2)c1. The van der Waals surface area contributed by atoms with Gasteiger partial charge in [-0.25, -0.2) is 4.98 Å². The first kappa shape index (κ1) is 21.6. The highest BCUT2D eigenvalue weighted by Crippen LogP contribution is 2.31. The van der Waals surface area contributed by atoms with E-state index in [1.165, 1.54) is 0 Å². The second kappa shape index (κ2) is 9.24. The lowest BCUT2D eigenvalue weighted by molar-refractivity contribution is 0.394. The van der Waals surface area contributed by atoms with Gasteiger partial charge in [0, 0.05) is 18.2 Å². The van der Waals surface area contributed by atoms with Crippen molar-refractivity contribution in [1.29, 1.82) is 0 Å². The number of aryl methyl sites for hydroxylation is 1. The Kier molecular flexibility index (Phi) is 6.23. The maximum absolute atomic E-state index is 13.3. The van der Waals surface area contributed by atoms with Crippen molar-refractivity contribution in [2.24, 2.45) is 5.73 Å². The zero-order valence-electron chi connectivity index (χ0n) is 18.6. The van der Waals surface area contributed by atoms with Crippen LogP contribution in [0.5, 0.6) is 11.5 Å². The average Bonchev–Trinajstić information content (AvgIpc) is 2.83. The molecule has 4 rings (SSSR count). The first-order valence-corrected chi connectivity index (χ1v) is 10.6. The zero-order chi connectivity index (χ0) is 22.7. The van der Waals surface area contributed by atoms with Gasteiger partial charge in [0.2, 0.25) is 0 Å². The quantitative estimate of drug-likeness (QED) is 0.471. The van der Waals surface area contributed by atoms with Crippen LogP contribution in [-0.2, 0) is 6.54 Å². The molecule has 0 unspecified atom stereocenters. The van der Waals surface area contributed by atoms with Crippen LogP contribution in [0.15, 0.2) is 65.5 Å². The fourth-order valence-electron chi connectivity index (χ4n) is 3.80. The Morgan fingerprint density at radius 2 is 1.53 bits per heavy atom. The molecule has 164 valence electrons. The number of nitrogens with two attached hydrogens (primary N) is 1. The van der Waals surface area contributed by atoms with Crippen molar-refractivity contribution < 1.29 is 9.47 Å². The zero-order valence-corrected chi connectivity index (χ0v) is 18.6. The molecule has 1 aromatic heterocycles. The van der Waals surface area contributed by atoms with E-state index in [0.717, 1.165) is 33.8 Å². The number of aromatic nitrogens is 2. The smallest absolute Gasteiger partial charge is 0.261 e. The van der Waals surface area contributed by atoms with Gasteiger partial charge in [-0.15, -0.1) is 0 Å². The fraction of sp³-hybridized carbons (Fsp3) is 0.231. The van der Waals surface area contributed by atoms with Crippen LogP contribution in [0.4, 0.5) is 0 Å². The van der Waals surface area contributed by atoms with Crippen LogP contribution in [0.25, 0.3) is 33.4 Å². The maximum atomic E-state index is 13.3. The number of hydrogen-bond donors (Lipinski definition) is 1. The highest BCUT2D eigenvalue weighted by atomic mass is 16.5. The summed E-state index contributed by atoms with van der Waals surface area (Å²) < 4.78 is 12.5. The fourth-order valence-corrected chi connectivity index (χ4v) is 3.80. The topological polar surface area (TPSA) is 79.4 Å². The van der Waals surface area contributed by atoms with Gasteiger partial charge < -0.3 is 15.2 Å². The Bertz CT molecular complexity index is 1290. The molecular formula is C26H27N3O3. The minimum absolute atomic E-state index is 0.0382. The molecule has 0 radical (unpaired) electrons. The molecule has 2 N–H and O–H groups in total. The lowest BCUT2D eigenvalue weighted by atomic mass is 10.0. The Labute approximate surface area is 187 Å². The van der Waals surface area contributed by atoms with Crippen molar-refractivity contribution in [2.45, 2.75) is 19.9 Å². The van der Waals surface area contributed by atoms with Crippen LogP contribution in [-0.4, -0.2) is 30.3 Å². The van der Waals surface area contributed by atoms with Gasteiger partial charge in [0.05, 0.1) is 25.1 Å². The van der Waals surface area contributed by atoms with E-state index in [-0.39, 0.29) is 5.56 Å². The van der Waals surface area contributed by atoms with Crippen LogP contribution in [0.3, 0.4) is 0 Å². The second-order valence-corrected chi connectivity index (χ2v) is 7.73. The van der Waals surface area contributed by atoms with E-state index in [9.17, 15) is 4.79 Å². The summed E-state index contributed by atoms with van der Waals surface area (Å²) in [4.78, 5) is 18.1. The summed E-state index contributed by atoms with van der Waals surface area (Å²) in [5.74, 6) is 2.10. The average molecular weight is 430 g/mol. The van der Waals surface area contributed by atoms with E-state index in [1.807, 2.05) is 67.6 Å². The molecule has 0 aliphatic heterocycles. The normalized spacial score (nSPS) is 11.0. The molecule has 0 saturated heterocycles. The van der Waals surface area contributed by atoms with E-state index >= 15 is 0 Å². The third-order valence-electron chi connectivity index (χ3n) is 5.52. The van der Waals surface area contributed by atoms with Gasteiger partial charge >= 0.3 is 0 Å². The van der Waals surface area contributed by atoms with Gasteiger partial charge in [0.25, 0.3) is 5.56 Å². The van der Waals surface area contributed by atoms with Crippen LogP contribution in [0, 0.1) is 6.92 Å². The molecule has 0 saturated carbocycles. The van der Waals surface area contributed by atoms with Gasteiger partial charge in [-0.2, -0.15) is 0 Å². The molecule has 0 aliphatic carbocycles. The van der Waals surface area contributed by atoms with Gasteiger partial charge in [-0.1, -0.05) is 35.9 Å². The molecule has 32 heavy (non-hydrogen) atoms. The third kappa shape index (κ3) is 4.22. The minimum Gasteiger partial charge on any atom is -0.497 e. The van der Waals surface area contributed by atoms with E-state index in [1.54, 1.807) is 18.8 Å². The van der Waals surface area contributed by atoms with Crippen molar-refractivity contribution in [2.75, 3.05) is 20.8 Å². The van der Waals surface area contributed by atoms with Crippen molar-refractivity contribution >= 4 is 10.9 Å². The lowest BCUT2D eigenvalue weighted by Gasteiger charge is -2.14. The molecule has 0 amide bonds. The van der Waals surface area contributed by atoms with E-state index < -0.39 is 0 Å². The third-order valence-corrected chi connectivity index (χ3v) is 5.52. The molecular weight excluding hydrogens is 402 g/mol. The Morgan fingerprint density at radius 3 is 2.16 bits per heavy atom. The monoisotopic (exact) mass is 429 g/mol. The van der Waals surface area contributed by atoms with E-state index in [4.69, 9.17) is 20.2 Å². The minimum atomic E-state index is -0.0382. The highest BCUT2D eigenvalue weighted by molar-refractivity contribution is 5.81. The molecule has 0 atom stereocenters. The summed E-state index contributed by atoms with van der Waals surface area (Å²) >= 11 is 0. The number of rotatable bonds is 7. The maximum Gasteiger partial charge on any atom is 0.261 e. The number of methoxy groups -OCH3 is 2. The Morgan fingerprint density at radius 1 is 0.875 bits per heavy atom. The number of hydrogen-bond acceptors (Lipinski definition) is 5. The first-order valence-electron chi connectivity index (χ1n) is 10.6. The summed E-state index contributed by atoms with van der Waals surface area (Å²) in [6, 6.07) is 19.6. The van der Waals surface area contributed by atoms with Crippen molar-refractivity contribution in [1.82, 2.24) is 9.55 Å². The van der Waals surface area contributed by atoms with Crippen molar-refractivity contribution in [3.8, 4) is 34.0 Å². The summed E-state index contributed by atoms with van der Waals surface area (Å²) in [6.45, 7) is 3.01. The Hall–Kier alpha value is -3.64. The van der Waals surface area contributed by atoms with E-state index in [2.05, 4.69) is 0 Å². The number of nitrogens with zero attached hydrogens (tertiary/aromatic N) is 2. The predicted octanol–water partition coefficient (Wildman–Crippen LogP) is 4.40.